The van der Waals surface area contributed by atoms with E-state index >= 15 is 0 Å². The maximum absolute atomic E-state index is 5.78. The molecule has 2 nitrogen and oxygen atoms in total. The van der Waals surface area contributed by atoms with Crippen molar-refractivity contribution in [3.05, 3.63) is 29.8 Å². The number of benzene rings is 1. The van der Waals surface area contributed by atoms with E-state index in [4.69, 9.17) is 10.5 Å². The Hall–Kier alpha value is -1.02. The standard InChI is InChI=1S/C14H23NO/c1-4-5-11(2)10-16-14-8-6-13(7-9-14)12(3)15/h6-9,11-12H,4-5,10,15H2,1-3H3/t11?,12-/m1/s1. The Labute approximate surface area is 98.8 Å². The molecule has 2 heteroatoms. The largest absolute Gasteiger partial charge is 0.493 e. The summed E-state index contributed by atoms with van der Waals surface area (Å²) in [7, 11) is 0. The van der Waals surface area contributed by atoms with E-state index in [0.717, 1.165) is 17.9 Å². The molecule has 0 fully saturated rings. The molecule has 0 amide bonds. The SMILES string of the molecule is CCCC(C)COc1ccc([C@@H](C)N)cc1. The van der Waals surface area contributed by atoms with Crippen LogP contribution in [0.3, 0.4) is 0 Å². The summed E-state index contributed by atoms with van der Waals surface area (Å²) in [4.78, 5) is 0. The Morgan fingerprint density at radius 2 is 1.81 bits per heavy atom. The van der Waals surface area contributed by atoms with Gasteiger partial charge in [0.05, 0.1) is 6.61 Å². The molecule has 2 atom stereocenters. The maximum atomic E-state index is 5.78. The van der Waals surface area contributed by atoms with E-state index in [-0.39, 0.29) is 6.04 Å². The first-order valence-corrected chi connectivity index (χ1v) is 6.11. The molecule has 0 aliphatic heterocycles. The predicted octanol–water partition coefficient (Wildman–Crippen LogP) is 3.52. The minimum absolute atomic E-state index is 0.0908. The van der Waals surface area contributed by atoms with Crippen LogP contribution in [0.1, 0.15) is 45.2 Å². The second-order valence-electron chi connectivity index (χ2n) is 4.56. The van der Waals surface area contributed by atoms with Crippen LogP contribution >= 0.6 is 0 Å². The number of hydrogen-bond acceptors (Lipinski definition) is 2. The minimum Gasteiger partial charge on any atom is -0.493 e. The van der Waals surface area contributed by atoms with E-state index in [1.807, 2.05) is 31.2 Å². The highest BCUT2D eigenvalue weighted by Gasteiger charge is 2.03. The zero-order valence-electron chi connectivity index (χ0n) is 10.6. The van der Waals surface area contributed by atoms with Gasteiger partial charge in [-0.05, 0) is 37.0 Å². The summed E-state index contributed by atoms with van der Waals surface area (Å²) in [6.07, 6.45) is 2.44. The maximum Gasteiger partial charge on any atom is 0.119 e. The average molecular weight is 221 g/mol. The van der Waals surface area contributed by atoms with Gasteiger partial charge < -0.3 is 10.5 Å². The summed E-state index contributed by atoms with van der Waals surface area (Å²) in [5.74, 6) is 1.56. The fourth-order valence-corrected chi connectivity index (χ4v) is 1.68. The first-order valence-electron chi connectivity index (χ1n) is 6.11. The van der Waals surface area contributed by atoms with Crippen molar-refractivity contribution in [1.29, 1.82) is 0 Å². The molecule has 0 saturated heterocycles. The van der Waals surface area contributed by atoms with E-state index in [0.29, 0.717) is 5.92 Å². The molecule has 16 heavy (non-hydrogen) atoms. The quantitative estimate of drug-likeness (QED) is 0.797. The highest BCUT2D eigenvalue weighted by Crippen LogP contribution is 2.17. The summed E-state index contributed by atoms with van der Waals surface area (Å²) in [6.45, 7) is 7.21. The van der Waals surface area contributed by atoms with Gasteiger partial charge in [-0.2, -0.15) is 0 Å². The lowest BCUT2D eigenvalue weighted by molar-refractivity contribution is 0.251. The summed E-state index contributed by atoms with van der Waals surface area (Å²) in [5, 5.41) is 0. The van der Waals surface area contributed by atoms with Crippen molar-refractivity contribution in [1.82, 2.24) is 0 Å². The van der Waals surface area contributed by atoms with Crippen LogP contribution in [0.5, 0.6) is 5.75 Å². The molecule has 0 aliphatic rings. The predicted molar refractivity (Wildman–Crippen MR) is 68.6 cm³/mol. The number of rotatable bonds is 6. The highest BCUT2D eigenvalue weighted by atomic mass is 16.5. The summed E-state index contributed by atoms with van der Waals surface area (Å²) in [5.41, 5.74) is 6.93. The second-order valence-corrected chi connectivity index (χ2v) is 4.56. The van der Waals surface area contributed by atoms with Crippen LogP contribution in [-0.2, 0) is 0 Å². The first kappa shape index (κ1) is 13.0. The highest BCUT2D eigenvalue weighted by molar-refractivity contribution is 5.28. The van der Waals surface area contributed by atoms with Crippen molar-refractivity contribution in [2.24, 2.45) is 11.7 Å². The van der Waals surface area contributed by atoms with Gasteiger partial charge >= 0.3 is 0 Å². The fraction of sp³-hybridized carbons (Fsp3) is 0.571. The van der Waals surface area contributed by atoms with Crippen LogP contribution in [0.15, 0.2) is 24.3 Å². The molecule has 1 aromatic rings. The smallest absolute Gasteiger partial charge is 0.119 e. The zero-order chi connectivity index (χ0) is 12.0. The molecule has 0 heterocycles. The number of nitrogens with two attached hydrogens (primary N) is 1. The van der Waals surface area contributed by atoms with Gasteiger partial charge in [-0.1, -0.05) is 32.4 Å². The molecule has 0 radical (unpaired) electrons. The molecule has 1 unspecified atom stereocenters. The lowest BCUT2D eigenvalue weighted by Gasteiger charge is -2.13. The van der Waals surface area contributed by atoms with Crippen LogP contribution in [-0.4, -0.2) is 6.61 Å². The van der Waals surface area contributed by atoms with Gasteiger partial charge in [0.25, 0.3) is 0 Å². The number of hydrogen-bond donors (Lipinski definition) is 1. The van der Waals surface area contributed by atoms with E-state index in [1.165, 1.54) is 12.8 Å². The Morgan fingerprint density at radius 1 is 1.19 bits per heavy atom. The van der Waals surface area contributed by atoms with E-state index in [1.54, 1.807) is 0 Å². The average Bonchev–Trinajstić information content (AvgIpc) is 2.27. The van der Waals surface area contributed by atoms with Crippen LogP contribution < -0.4 is 10.5 Å². The van der Waals surface area contributed by atoms with Crippen molar-refractivity contribution < 1.29 is 4.74 Å². The normalized spacial score (nSPS) is 14.5. The Balaban J connectivity index is 2.43. The summed E-state index contributed by atoms with van der Waals surface area (Å²) in [6, 6.07) is 8.15. The molecule has 0 bridgehead atoms. The molecule has 0 saturated carbocycles. The van der Waals surface area contributed by atoms with Gasteiger partial charge in [-0.15, -0.1) is 0 Å². The van der Waals surface area contributed by atoms with Crippen LogP contribution in [0.4, 0.5) is 0 Å². The molecule has 0 spiro atoms. The molecule has 2 N–H and O–H groups in total. The molecule has 0 aliphatic carbocycles. The Kier molecular flexibility index (Phi) is 5.33. The van der Waals surface area contributed by atoms with E-state index in [9.17, 15) is 0 Å². The summed E-state index contributed by atoms with van der Waals surface area (Å²) >= 11 is 0. The Morgan fingerprint density at radius 3 is 2.31 bits per heavy atom. The summed E-state index contributed by atoms with van der Waals surface area (Å²) < 4.78 is 5.71. The van der Waals surface area contributed by atoms with Gasteiger partial charge in [0, 0.05) is 6.04 Å². The van der Waals surface area contributed by atoms with Crippen LogP contribution in [0.25, 0.3) is 0 Å². The molecule has 90 valence electrons. The van der Waals surface area contributed by atoms with Gasteiger partial charge in [0.2, 0.25) is 0 Å². The fourth-order valence-electron chi connectivity index (χ4n) is 1.68. The van der Waals surface area contributed by atoms with Gasteiger partial charge in [0.1, 0.15) is 5.75 Å². The van der Waals surface area contributed by atoms with Gasteiger partial charge in [-0.25, -0.2) is 0 Å². The molecule has 1 aromatic carbocycles. The molecular weight excluding hydrogens is 198 g/mol. The van der Waals surface area contributed by atoms with E-state index in [2.05, 4.69) is 13.8 Å². The molecule has 1 rings (SSSR count). The minimum atomic E-state index is 0.0908. The third-order valence-corrected chi connectivity index (χ3v) is 2.72. The van der Waals surface area contributed by atoms with Gasteiger partial charge in [-0.3, -0.25) is 0 Å². The lowest BCUT2D eigenvalue weighted by Crippen LogP contribution is -2.08. The molecular formula is C14H23NO. The first-order chi connectivity index (χ1) is 7.63. The van der Waals surface area contributed by atoms with Crippen molar-refractivity contribution in [2.75, 3.05) is 6.61 Å². The van der Waals surface area contributed by atoms with Crippen LogP contribution in [0.2, 0.25) is 0 Å². The monoisotopic (exact) mass is 221 g/mol. The van der Waals surface area contributed by atoms with Crippen molar-refractivity contribution in [2.45, 2.75) is 39.7 Å². The topological polar surface area (TPSA) is 35.2 Å². The Bertz CT molecular complexity index is 292. The molecule has 0 aromatic heterocycles. The third-order valence-electron chi connectivity index (χ3n) is 2.72. The van der Waals surface area contributed by atoms with Crippen molar-refractivity contribution >= 4 is 0 Å². The van der Waals surface area contributed by atoms with Crippen molar-refractivity contribution in [3.63, 3.8) is 0 Å². The lowest BCUT2D eigenvalue weighted by atomic mass is 10.1. The van der Waals surface area contributed by atoms with Crippen molar-refractivity contribution in [3.8, 4) is 5.75 Å². The second kappa shape index (κ2) is 6.54. The zero-order valence-corrected chi connectivity index (χ0v) is 10.6. The van der Waals surface area contributed by atoms with Crippen LogP contribution in [0, 0.1) is 5.92 Å². The number of ether oxygens (including phenoxy) is 1. The van der Waals surface area contributed by atoms with E-state index < -0.39 is 0 Å². The van der Waals surface area contributed by atoms with Gasteiger partial charge in [0.15, 0.2) is 0 Å². The third kappa shape index (κ3) is 4.23.